The highest BCUT2D eigenvalue weighted by Gasteiger charge is 2.14. The number of carboxylic acid groups (broad SMARTS) is 1. The predicted octanol–water partition coefficient (Wildman–Crippen LogP) is 3.37. The van der Waals surface area contributed by atoms with E-state index in [0.29, 0.717) is 11.6 Å². The summed E-state index contributed by atoms with van der Waals surface area (Å²) in [4.78, 5) is 15.4. The van der Waals surface area contributed by atoms with Crippen LogP contribution in [0.2, 0.25) is 0 Å². The van der Waals surface area contributed by atoms with Crippen LogP contribution in [0.5, 0.6) is 11.6 Å². The van der Waals surface area contributed by atoms with Crippen LogP contribution in [0.3, 0.4) is 0 Å². The summed E-state index contributed by atoms with van der Waals surface area (Å²) in [6, 6.07) is 8.75. The van der Waals surface area contributed by atoms with Gasteiger partial charge >= 0.3 is 5.97 Å². The first-order valence-corrected chi connectivity index (χ1v) is 6.64. The molecule has 20 heavy (non-hydrogen) atoms. The lowest BCUT2D eigenvalue weighted by Gasteiger charge is -2.09. The number of hydrogen-bond acceptors (Lipinski definition) is 3. The van der Waals surface area contributed by atoms with Gasteiger partial charge in [0, 0.05) is 11.8 Å². The van der Waals surface area contributed by atoms with Crippen molar-refractivity contribution >= 4 is 5.97 Å². The van der Waals surface area contributed by atoms with Gasteiger partial charge in [-0.2, -0.15) is 0 Å². The van der Waals surface area contributed by atoms with Gasteiger partial charge in [-0.15, -0.1) is 0 Å². The summed E-state index contributed by atoms with van der Waals surface area (Å²) in [5, 5.41) is 8.94. The van der Waals surface area contributed by atoms with Crippen molar-refractivity contribution in [2.45, 2.75) is 26.2 Å². The summed E-state index contributed by atoms with van der Waals surface area (Å²) >= 11 is 0. The van der Waals surface area contributed by atoms with Gasteiger partial charge in [-0.1, -0.05) is 6.07 Å². The van der Waals surface area contributed by atoms with Crippen molar-refractivity contribution in [3.05, 3.63) is 52.7 Å². The average molecular weight is 269 g/mol. The third-order valence-electron chi connectivity index (χ3n) is 3.54. The Labute approximate surface area is 117 Å². The molecule has 1 N–H and O–H groups in total. The number of nitrogens with zero attached hydrogens (tertiary/aromatic N) is 1. The number of pyridine rings is 1. The van der Waals surface area contributed by atoms with Crippen LogP contribution in [0, 0.1) is 6.92 Å². The minimum atomic E-state index is -0.935. The number of benzene rings is 1. The molecule has 4 heteroatoms. The molecule has 0 radical (unpaired) electrons. The molecular weight excluding hydrogens is 254 g/mol. The molecule has 0 amide bonds. The lowest BCUT2D eigenvalue weighted by Crippen LogP contribution is -1.98. The summed E-state index contributed by atoms with van der Waals surface area (Å²) in [5.41, 5.74) is 3.46. The van der Waals surface area contributed by atoms with E-state index in [4.69, 9.17) is 9.84 Å². The first kappa shape index (κ1) is 12.7. The monoisotopic (exact) mass is 269 g/mol. The third-order valence-corrected chi connectivity index (χ3v) is 3.54. The third kappa shape index (κ3) is 2.37. The van der Waals surface area contributed by atoms with Gasteiger partial charge in [-0.05, 0) is 55.5 Å². The summed E-state index contributed by atoms with van der Waals surface area (Å²) in [6.45, 7) is 1.83. The minimum absolute atomic E-state index is 0.261. The molecule has 0 spiro atoms. The van der Waals surface area contributed by atoms with E-state index < -0.39 is 5.97 Å². The number of carbonyl (C=O) groups is 1. The SMILES string of the molecule is Cc1cc(C(=O)O)ccc1Oc1ccc2c(n1)CCC2. The van der Waals surface area contributed by atoms with Crippen LogP contribution in [0.1, 0.15) is 33.6 Å². The van der Waals surface area contributed by atoms with Crippen molar-refractivity contribution < 1.29 is 14.6 Å². The second kappa shape index (κ2) is 4.96. The highest BCUT2D eigenvalue weighted by Crippen LogP contribution is 2.27. The molecule has 2 aromatic rings. The Hall–Kier alpha value is -2.36. The first-order chi connectivity index (χ1) is 9.63. The van der Waals surface area contributed by atoms with E-state index in [-0.39, 0.29) is 5.56 Å². The van der Waals surface area contributed by atoms with Gasteiger partial charge in [-0.3, -0.25) is 0 Å². The Morgan fingerprint density at radius 2 is 2.10 bits per heavy atom. The molecular formula is C16H15NO3. The number of aromatic carboxylic acids is 1. The maximum absolute atomic E-state index is 10.9. The molecule has 0 fully saturated rings. The Balaban J connectivity index is 1.86. The molecule has 1 aromatic heterocycles. The Kier molecular flexibility index (Phi) is 3.14. The fourth-order valence-corrected chi connectivity index (χ4v) is 2.47. The largest absolute Gasteiger partial charge is 0.478 e. The number of aromatic nitrogens is 1. The summed E-state index contributed by atoms with van der Waals surface area (Å²) in [7, 11) is 0. The van der Waals surface area contributed by atoms with E-state index >= 15 is 0 Å². The highest BCUT2D eigenvalue weighted by atomic mass is 16.5. The van der Waals surface area contributed by atoms with Crippen molar-refractivity contribution in [1.29, 1.82) is 0 Å². The van der Waals surface area contributed by atoms with E-state index in [0.717, 1.165) is 30.5 Å². The van der Waals surface area contributed by atoms with Crippen LogP contribution < -0.4 is 4.74 Å². The van der Waals surface area contributed by atoms with Gasteiger partial charge in [0.05, 0.1) is 5.56 Å². The van der Waals surface area contributed by atoms with E-state index in [2.05, 4.69) is 11.1 Å². The molecule has 0 atom stereocenters. The van der Waals surface area contributed by atoms with E-state index in [1.807, 2.05) is 13.0 Å². The van der Waals surface area contributed by atoms with Crippen molar-refractivity contribution in [1.82, 2.24) is 4.98 Å². The fourth-order valence-electron chi connectivity index (χ4n) is 2.47. The zero-order chi connectivity index (χ0) is 14.1. The summed E-state index contributed by atoms with van der Waals surface area (Å²) in [5.74, 6) is 0.271. The number of aryl methyl sites for hydroxylation is 3. The molecule has 0 bridgehead atoms. The molecule has 0 saturated carbocycles. The van der Waals surface area contributed by atoms with E-state index in [9.17, 15) is 4.79 Å². The zero-order valence-corrected chi connectivity index (χ0v) is 11.2. The number of hydrogen-bond donors (Lipinski definition) is 1. The second-order valence-electron chi connectivity index (χ2n) is 5.00. The molecule has 1 heterocycles. The van der Waals surface area contributed by atoms with Crippen LogP contribution in [-0.2, 0) is 12.8 Å². The van der Waals surface area contributed by atoms with Crippen molar-refractivity contribution in [3.8, 4) is 11.6 Å². The Bertz CT molecular complexity index is 679. The van der Waals surface area contributed by atoms with Crippen LogP contribution in [0.25, 0.3) is 0 Å². The van der Waals surface area contributed by atoms with E-state index in [1.54, 1.807) is 12.1 Å². The molecule has 102 valence electrons. The second-order valence-corrected chi connectivity index (χ2v) is 5.00. The molecule has 0 unspecified atom stereocenters. The maximum Gasteiger partial charge on any atom is 0.335 e. The van der Waals surface area contributed by atoms with Crippen molar-refractivity contribution in [2.24, 2.45) is 0 Å². The number of fused-ring (bicyclic) bond motifs is 1. The molecule has 1 aromatic carbocycles. The standard InChI is InChI=1S/C16H15NO3/c1-10-9-12(16(18)19)5-7-14(10)20-15-8-6-11-3-2-4-13(11)17-15/h5-9H,2-4H2,1H3,(H,18,19). The van der Waals surface area contributed by atoms with Crippen LogP contribution in [0.15, 0.2) is 30.3 Å². The molecule has 1 aliphatic rings. The zero-order valence-electron chi connectivity index (χ0n) is 11.2. The maximum atomic E-state index is 10.9. The fraction of sp³-hybridized carbons (Fsp3) is 0.250. The number of ether oxygens (including phenoxy) is 1. The molecule has 1 aliphatic carbocycles. The van der Waals surface area contributed by atoms with Crippen LogP contribution in [0.4, 0.5) is 0 Å². The van der Waals surface area contributed by atoms with Gasteiger partial charge in [0.2, 0.25) is 5.88 Å². The smallest absolute Gasteiger partial charge is 0.335 e. The van der Waals surface area contributed by atoms with Crippen molar-refractivity contribution in [3.63, 3.8) is 0 Å². The number of carboxylic acids is 1. The van der Waals surface area contributed by atoms with Gasteiger partial charge in [0.25, 0.3) is 0 Å². The molecule has 0 saturated heterocycles. The van der Waals surface area contributed by atoms with Gasteiger partial charge in [0.15, 0.2) is 0 Å². The van der Waals surface area contributed by atoms with Gasteiger partial charge in [-0.25, -0.2) is 9.78 Å². The predicted molar refractivity (Wildman–Crippen MR) is 74.5 cm³/mol. The number of rotatable bonds is 3. The molecule has 3 rings (SSSR count). The highest BCUT2D eigenvalue weighted by molar-refractivity contribution is 5.88. The molecule has 4 nitrogen and oxygen atoms in total. The quantitative estimate of drug-likeness (QED) is 0.928. The average Bonchev–Trinajstić information content (AvgIpc) is 2.88. The summed E-state index contributed by atoms with van der Waals surface area (Å²) < 4.78 is 5.77. The first-order valence-electron chi connectivity index (χ1n) is 6.64. The summed E-state index contributed by atoms with van der Waals surface area (Å²) in [6.07, 6.45) is 3.25. The van der Waals surface area contributed by atoms with Crippen LogP contribution in [-0.4, -0.2) is 16.1 Å². The Morgan fingerprint density at radius 3 is 2.85 bits per heavy atom. The lowest BCUT2D eigenvalue weighted by atomic mass is 10.1. The topological polar surface area (TPSA) is 59.4 Å². The van der Waals surface area contributed by atoms with Crippen LogP contribution >= 0.6 is 0 Å². The Morgan fingerprint density at radius 1 is 1.25 bits per heavy atom. The normalized spacial score (nSPS) is 13.1. The van der Waals surface area contributed by atoms with Gasteiger partial charge in [0.1, 0.15) is 5.75 Å². The lowest BCUT2D eigenvalue weighted by molar-refractivity contribution is 0.0697. The van der Waals surface area contributed by atoms with Crippen molar-refractivity contribution in [2.75, 3.05) is 0 Å². The molecule has 0 aliphatic heterocycles. The minimum Gasteiger partial charge on any atom is -0.478 e. The van der Waals surface area contributed by atoms with Gasteiger partial charge < -0.3 is 9.84 Å². The van der Waals surface area contributed by atoms with E-state index in [1.165, 1.54) is 11.6 Å².